The van der Waals surface area contributed by atoms with Crippen LogP contribution >= 0.6 is 0 Å². The molecule has 6 heteroatoms. The van der Waals surface area contributed by atoms with E-state index >= 15 is 0 Å². The summed E-state index contributed by atoms with van der Waals surface area (Å²) >= 11 is 0. The zero-order chi connectivity index (χ0) is 21.8. The van der Waals surface area contributed by atoms with Crippen LogP contribution in [0.2, 0.25) is 0 Å². The summed E-state index contributed by atoms with van der Waals surface area (Å²) in [5, 5.41) is 11.3. The number of amidine groups is 1. The van der Waals surface area contributed by atoms with Crippen molar-refractivity contribution in [3.63, 3.8) is 0 Å². The molecule has 3 aromatic carbocycles. The summed E-state index contributed by atoms with van der Waals surface area (Å²) in [6, 6.07) is 19.3. The summed E-state index contributed by atoms with van der Waals surface area (Å²) in [5.74, 6) is 0.122. The Morgan fingerprint density at radius 2 is 1.77 bits per heavy atom. The van der Waals surface area contributed by atoms with Crippen LogP contribution in [0, 0.1) is 11.3 Å². The molecule has 0 radical (unpaired) electrons. The van der Waals surface area contributed by atoms with Gasteiger partial charge in [-0.1, -0.05) is 36.4 Å². The molecule has 3 aromatic rings. The third-order valence-electron chi connectivity index (χ3n) is 6.58. The Morgan fingerprint density at radius 3 is 2.55 bits per heavy atom. The lowest BCUT2D eigenvalue weighted by molar-refractivity contribution is -0.137. The number of nitrogens with two attached hydrogens (primary N) is 1. The number of anilines is 1. The van der Waals surface area contributed by atoms with Gasteiger partial charge in [-0.2, -0.15) is 13.2 Å². The Bertz CT molecular complexity index is 1170. The molecule has 0 aromatic heterocycles. The second-order valence-electron chi connectivity index (χ2n) is 8.34. The zero-order valence-corrected chi connectivity index (χ0v) is 16.7. The number of nitrogen functional groups attached to an aromatic ring is 1. The van der Waals surface area contributed by atoms with Crippen molar-refractivity contribution >= 4 is 11.5 Å². The Labute approximate surface area is 178 Å². The van der Waals surface area contributed by atoms with E-state index in [9.17, 15) is 13.2 Å². The van der Waals surface area contributed by atoms with Crippen molar-refractivity contribution in [3.8, 4) is 0 Å². The molecule has 3 atom stereocenters. The first kappa shape index (κ1) is 19.7. The molecule has 0 fully saturated rings. The normalized spacial score (nSPS) is 22.0. The molecule has 0 amide bonds. The molecule has 3 nitrogen and oxygen atoms in total. The van der Waals surface area contributed by atoms with Gasteiger partial charge in [-0.15, -0.1) is 0 Å². The van der Waals surface area contributed by atoms with Crippen molar-refractivity contribution in [2.24, 2.45) is 11.7 Å². The van der Waals surface area contributed by atoms with Crippen LogP contribution in [0.25, 0.3) is 0 Å². The van der Waals surface area contributed by atoms with Gasteiger partial charge < -0.3 is 11.1 Å². The molecule has 4 N–H and O–H groups in total. The van der Waals surface area contributed by atoms with Gasteiger partial charge in [-0.05, 0) is 71.3 Å². The van der Waals surface area contributed by atoms with E-state index in [0.29, 0.717) is 11.1 Å². The lowest BCUT2D eigenvalue weighted by Gasteiger charge is -2.45. The van der Waals surface area contributed by atoms with Gasteiger partial charge in [-0.3, -0.25) is 5.41 Å². The molecule has 158 valence electrons. The van der Waals surface area contributed by atoms with Gasteiger partial charge >= 0.3 is 6.18 Å². The molecule has 0 spiro atoms. The van der Waals surface area contributed by atoms with E-state index in [-0.39, 0.29) is 23.7 Å². The Balaban J connectivity index is 1.67. The Morgan fingerprint density at radius 1 is 0.968 bits per heavy atom. The highest BCUT2D eigenvalue weighted by Crippen LogP contribution is 2.53. The third-order valence-corrected chi connectivity index (χ3v) is 6.58. The lowest BCUT2D eigenvalue weighted by Crippen LogP contribution is -2.35. The second kappa shape index (κ2) is 7.15. The first-order valence-electron chi connectivity index (χ1n) is 10.3. The van der Waals surface area contributed by atoms with Crippen LogP contribution in [-0.4, -0.2) is 5.84 Å². The van der Waals surface area contributed by atoms with Gasteiger partial charge in [0.1, 0.15) is 5.84 Å². The molecule has 3 unspecified atom stereocenters. The molecule has 1 aliphatic heterocycles. The maximum atomic E-state index is 13.4. The monoisotopic (exact) mass is 421 g/mol. The lowest BCUT2D eigenvalue weighted by atomic mass is 9.65. The van der Waals surface area contributed by atoms with Crippen LogP contribution in [-0.2, 0) is 12.6 Å². The van der Waals surface area contributed by atoms with Crippen molar-refractivity contribution in [2.45, 2.75) is 31.0 Å². The van der Waals surface area contributed by atoms with Crippen molar-refractivity contribution in [1.29, 1.82) is 5.41 Å². The largest absolute Gasteiger partial charge is 0.416 e. The SMILES string of the molecule is N=C(N)c1ccc2c(c1)C1c3ccccc3CCC1C(c1cccc(C(F)(F)F)c1)N2. The zero-order valence-electron chi connectivity index (χ0n) is 16.7. The number of fused-ring (bicyclic) bond motifs is 5. The predicted molar refractivity (Wildman–Crippen MR) is 115 cm³/mol. The second-order valence-corrected chi connectivity index (χ2v) is 8.34. The van der Waals surface area contributed by atoms with E-state index in [1.807, 2.05) is 24.3 Å². The van der Waals surface area contributed by atoms with Crippen LogP contribution in [0.5, 0.6) is 0 Å². The van der Waals surface area contributed by atoms with Gasteiger partial charge in [0.05, 0.1) is 11.6 Å². The molecule has 2 aliphatic rings. The number of rotatable bonds is 2. The quantitative estimate of drug-likeness (QED) is 0.359. The summed E-state index contributed by atoms with van der Waals surface area (Å²) in [7, 11) is 0. The van der Waals surface area contributed by atoms with E-state index in [1.165, 1.54) is 23.3 Å². The first-order valence-corrected chi connectivity index (χ1v) is 10.3. The molecular weight excluding hydrogens is 399 g/mol. The van der Waals surface area contributed by atoms with Gasteiger partial charge in [0, 0.05) is 17.2 Å². The molecule has 0 saturated heterocycles. The number of benzene rings is 3. The predicted octanol–water partition coefficient (Wildman–Crippen LogP) is 5.85. The van der Waals surface area contributed by atoms with E-state index in [2.05, 4.69) is 17.4 Å². The fourth-order valence-electron chi connectivity index (χ4n) is 5.17. The standard InChI is InChI=1S/C25H22F3N3/c26-25(27,28)17-6-3-5-15(12-17)23-19-10-8-14-4-1-2-7-18(14)22(19)20-13-16(24(29)30)9-11-21(20)31-23/h1-7,9,11-13,19,22-23,31H,8,10H2,(H3,29,30). The van der Waals surface area contributed by atoms with Gasteiger partial charge in [0.25, 0.3) is 0 Å². The minimum Gasteiger partial charge on any atom is -0.384 e. The number of alkyl halides is 3. The summed E-state index contributed by atoms with van der Waals surface area (Å²) in [6.07, 6.45) is -2.63. The van der Waals surface area contributed by atoms with Crippen molar-refractivity contribution in [2.75, 3.05) is 5.32 Å². The van der Waals surface area contributed by atoms with Crippen LogP contribution in [0.1, 0.15) is 51.8 Å². The van der Waals surface area contributed by atoms with Crippen molar-refractivity contribution < 1.29 is 13.2 Å². The molecule has 5 rings (SSSR count). The minimum atomic E-state index is -4.38. The van der Waals surface area contributed by atoms with Crippen molar-refractivity contribution in [1.82, 2.24) is 0 Å². The van der Waals surface area contributed by atoms with Crippen LogP contribution in [0.15, 0.2) is 66.7 Å². The first-order chi connectivity index (χ1) is 14.8. The van der Waals surface area contributed by atoms with Crippen LogP contribution in [0.3, 0.4) is 0 Å². The maximum absolute atomic E-state index is 13.4. The summed E-state index contributed by atoms with van der Waals surface area (Å²) in [5.41, 5.74) is 10.8. The average Bonchev–Trinajstić information content (AvgIpc) is 2.77. The Hall–Kier alpha value is -3.28. The maximum Gasteiger partial charge on any atom is 0.416 e. The van der Waals surface area contributed by atoms with E-state index in [1.54, 1.807) is 12.1 Å². The summed E-state index contributed by atoms with van der Waals surface area (Å²) < 4.78 is 40.1. The van der Waals surface area contributed by atoms with Gasteiger partial charge in [-0.25, -0.2) is 0 Å². The number of halogens is 3. The third kappa shape index (κ3) is 3.36. The fraction of sp³-hybridized carbons (Fsp3) is 0.240. The van der Waals surface area contributed by atoms with Crippen LogP contribution in [0.4, 0.5) is 18.9 Å². The van der Waals surface area contributed by atoms with E-state index in [4.69, 9.17) is 11.1 Å². The van der Waals surface area contributed by atoms with Crippen molar-refractivity contribution in [3.05, 3.63) is 100 Å². The van der Waals surface area contributed by atoms with Crippen LogP contribution < -0.4 is 11.1 Å². The Kier molecular flexibility index (Phi) is 4.54. The molecule has 31 heavy (non-hydrogen) atoms. The molecule has 0 bridgehead atoms. The number of hydrogen-bond acceptors (Lipinski definition) is 2. The molecular formula is C25H22F3N3. The highest BCUT2D eigenvalue weighted by Gasteiger charge is 2.42. The number of aryl methyl sites for hydroxylation is 1. The van der Waals surface area contributed by atoms with E-state index in [0.717, 1.165) is 30.2 Å². The molecule has 1 aliphatic carbocycles. The highest BCUT2D eigenvalue weighted by atomic mass is 19.4. The molecule has 1 heterocycles. The summed E-state index contributed by atoms with van der Waals surface area (Å²) in [6.45, 7) is 0. The van der Waals surface area contributed by atoms with E-state index < -0.39 is 11.7 Å². The topological polar surface area (TPSA) is 61.9 Å². The number of nitrogens with one attached hydrogen (secondary N) is 2. The highest BCUT2D eigenvalue weighted by molar-refractivity contribution is 5.95. The number of hydrogen-bond donors (Lipinski definition) is 3. The molecule has 0 saturated carbocycles. The average molecular weight is 421 g/mol. The van der Waals surface area contributed by atoms with Gasteiger partial charge in [0.15, 0.2) is 0 Å². The fourth-order valence-corrected chi connectivity index (χ4v) is 5.17. The van der Waals surface area contributed by atoms with Gasteiger partial charge in [0.2, 0.25) is 0 Å². The summed E-state index contributed by atoms with van der Waals surface area (Å²) in [4.78, 5) is 0. The smallest absolute Gasteiger partial charge is 0.384 e. The minimum absolute atomic E-state index is 0.00319.